The summed E-state index contributed by atoms with van der Waals surface area (Å²) in [7, 11) is 3.20. The van der Waals surface area contributed by atoms with Gasteiger partial charge in [0.15, 0.2) is 0 Å². The first-order valence-electron chi connectivity index (χ1n) is 13.2. The number of nitrogens with one attached hydrogen (secondary N) is 2. The molecular formula is C29H32BrN5O6. The molecular weight excluding hydrogens is 594 g/mol. The summed E-state index contributed by atoms with van der Waals surface area (Å²) in [6.07, 6.45) is -0.0259. The minimum absolute atomic E-state index is 0.0543. The number of hydrogen-bond donors (Lipinski definition) is 2. The average Bonchev–Trinajstić information content (AvgIpc) is 3.07. The molecule has 0 radical (unpaired) electrons. The summed E-state index contributed by atoms with van der Waals surface area (Å²) < 4.78 is 6.60. The maximum absolute atomic E-state index is 14.2. The number of carbonyl (C=O) groups is 3. The first-order chi connectivity index (χ1) is 19.6. The van der Waals surface area contributed by atoms with E-state index < -0.39 is 28.8 Å². The minimum Gasteiger partial charge on any atom is -0.496 e. The minimum atomic E-state index is -1.07. The van der Waals surface area contributed by atoms with Gasteiger partial charge in [0, 0.05) is 27.8 Å². The molecule has 0 saturated carbocycles. The number of halogens is 1. The van der Waals surface area contributed by atoms with E-state index >= 15 is 0 Å². The highest BCUT2D eigenvalue weighted by atomic mass is 79.9. The molecule has 0 spiro atoms. The number of nitrogens with zero attached hydrogens (tertiary/aromatic N) is 3. The molecule has 216 valence electrons. The van der Waals surface area contributed by atoms with Crippen LogP contribution in [0.3, 0.4) is 0 Å². The van der Waals surface area contributed by atoms with Crippen molar-refractivity contribution in [2.24, 2.45) is 0 Å². The summed E-state index contributed by atoms with van der Waals surface area (Å²) in [4.78, 5) is 54.0. The molecule has 12 heteroatoms. The fourth-order valence-electron chi connectivity index (χ4n) is 4.87. The highest BCUT2D eigenvalue weighted by Crippen LogP contribution is 2.37. The molecule has 1 heterocycles. The van der Waals surface area contributed by atoms with Crippen molar-refractivity contribution in [2.45, 2.75) is 38.4 Å². The maximum atomic E-state index is 14.2. The third-order valence-corrected chi connectivity index (χ3v) is 7.65. The van der Waals surface area contributed by atoms with Crippen molar-refractivity contribution >= 4 is 55.8 Å². The first kappa shape index (κ1) is 29.9. The summed E-state index contributed by atoms with van der Waals surface area (Å²) in [5.41, 5.74) is 1.72. The van der Waals surface area contributed by atoms with Gasteiger partial charge in [0.25, 0.3) is 5.91 Å². The molecule has 3 aromatic carbocycles. The lowest BCUT2D eigenvalue weighted by Gasteiger charge is -2.27. The molecule has 2 N–H and O–H groups in total. The van der Waals surface area contributed by atoms with E-state index in [9.17, 15) is 24.5 Å². The molecule has 1 aliphatic heterocycles. The fraction of sp³-hybridized carbons (Fsp3) is 0.345. The Balaban J connectivity index is 1.82. The van der Waals surface area contributed by atoms with Crippen molar-refractivity contribution in [3.05, 3.63) is 74.7 Å². The molecule has 3 amide bonds. The predicted octanol–water partition coefficient (Wildman–Crippen LogP) is 3.64. The second-order valence-electron chi connectivity index (χ2n) is 9.76. The smallest absolute Gasteiger partial charge is 0.251 e. The van der Waals surface area contributed by atoms with Crippen molar-refractivity contribution in [1.29, 1.82) is 0 Å². The van der Waals surface area contributed by atoms with Crippen LogP contribution in [-0.2, 0) is 20.9 Å². The van der Waals surface area contributed by atoms with E-state index in [0.29, 0.717) is 17.1 Å². The van der Waals surface area contributed by atoms with Gasteiger partial charge in [0.1, 0.15) is 11.8 Å². The van der Waals surface area contributed by atoms with Gasteiger partial charge in [-0.3, -0.25) is 24.5 Å². The molecule has 2 atom stereocenters. The van der Waals surface area contributed by atoms with Gasteiger partial charge >= 0.3 is 0 Å². The van der Waals surface area contributed by atoms with Crippen LogP contribution in [0.2, 0.25) is 0 Å². The van der Waals surface area contributed by atoms with Crippen LogP contribution in [0, 0.1) is 10.1 Å². The zero-order valence-electron chi connectivity index (χ0n) is 23.1. The van der Waals surface area contributed by atoms with E-state index in [2.05, 4.69) is 26.6 Å². The Morgan fingerprint density at radius 3 is 2.59 bits per heavy atom. The third-order valence-electron chi connectivity index (χ3n) is 7.15. The van der Waals surface area contributed by atoms with E-state index in [0.717, 1.165) is 20.8 Å². The van der Waals surface area contributed by atoms with Gasteiger partial charge in [-0.2, -0.15) is 0 Å². The van der Waals surface area contributed by atoms with E-state index in [1.807, 2.05) is 30.3 Å². The van der Waals surface area contributed by atoms with Crippen molar-refractivity contribution in [2.75, 3.05) is 37.0 Å². The van der Waals surface area contributed by atoms with Crippen LogP contribution in [-0.4, -0.2) is 62.0 Å². The number of fused-ring (bicyclic) bond motifs is 2. The highest BCUT2D eigenvalue weighted by molar-refractivity contribution is 9.10. The van der Waals surface area contributed by atoms with Crippen LogP contribution < -0.4 is 25.2 Å². The van der Waals surface area contributed by atoms with Crippen LogP contribution in [0.15, 0.2) is 59.1 Å². The lowest BCUT2D eigenvalue weighted by molar-refractivity contribution is -0.480. The van der Waals surface area contributed by atoms with Crippen molar-refractivity contribution in [1.82, 2.24) is 10.6 Å². The van der Waals surface area contributed by atoms with Crippen molar-refractivity contribution in [3.8, 4) is 5.75 Å². The Hall–Kier alpha value is -4.03. The topological polar surface area (TPSA) is 134 Å². The highest BCUT2D eigenvalue weighted by Gasteiger charge is 2.37. The van der Waals surface area contributed by atoms with Gasteiger partial charge in [-0.15, -0.1) is 0 Å². The van der Waals surface area contributed by atoms with Crippen molar-refractivity contribution in [3.63, 3.8) is 0 Å². The standard InChI is InChI=1S/C29H32BrN5O6/c1-18(31-2)28(37)32-23-17-33(27(36)9-6-14-35(39)40)24-7-4-5-8-25(24)34(29(23)38)16-22-21-12-11-20(30)15-19(21)10-13-26(22)41-3/h4-5,7-8,10-13,15,18,23,31H,6,9,14,16-17H2,1-3H3,(H,32,37). The first-order valence-corrected chi connectivity index (χ1v) is 14.0. The molecule has 4 rings (SSSR count). The van der Waals surface area contributed by atoms with Crippen LogP contribution in [0.5, 0.6) is 5.75 Å². The number of carbonyl (C=O) groups excluding carboxylic acids is 3. The number of nitro groups is 1. The molecule has 0 fully saturated rings. The van der Waals surface area contributed by atoms with Crippen LogP contribution in [0.1, 0.15) is 25.3 Å². The summed E-state index contributed by atoms with van der Waals surface area (Å²) in [6, 6.07) is 15.0. The number of anilines is 2. The molecule has 0 aliphatic carbocycles. The number of amides is 3. The number of methoxy groups -OCH3 is 1. The van der Waals surface area contributed by atoms with Gasteiger partial charge in [-0.25, -0.2) is 0 Å². The molecule has 2 unspecified atom stereocenters. The maximum Gasteiger partial charge on any atom is 0.251 e. The quantitative estimate of drug-likeness (QED) is 0.259. The Morgan fingerprint density at radius 1 is 1.17 bits per heavy atom. The molecule has 0 saturated heterocycles. The van der Waals surface area contributed by atoms with Crippen LogP contribution in [0.4, 0.5) is 11.4 Å². The van der Waals surface area contributed by atoms with Gasteiger partial charge in [-0.1, -0.05) is 40.2 Å². The summed E-state index contributed by atoms with van der Waals surface area (Å²) in [5, 5.41) is 18.4. The predicted molar refractivity (Wildman–Crippen MR) is 160 cm³/mol. The lowest BCUT2D eigenvalue weighted by Crippen LogP contribution is -2.55. The van der Waals surface area contributed by atoms with Gasteiger partial charge in [0.05, 0.1) is 37.6 Å². The Labute approximate surface area is 246 Å². The molecule has 41 heavy (non-hydrogen) atoms. The van der Waals surface area contributed by atoms with E-state index in [4.69, 9.17) is 4.74 Å². The molecule has 0 aromatic heterocycles. The van der Waals surface area contributed by atoms with Crippen molar-refractivity contribution < 1.29 is 24.0 Å². The molecule has 1 aliphatic rings. The van der Waals surface area contributed by atoms with Gasteiger partial charge in [-0.05, 0) is 55.1 Å². The number of rotatable bonds is 10. The van der Waals surface area contributed by atoms with Crippen LogP contribution >= 0.6 is 15.9 Å². The van der Waals surface area contributed by atoms with E-state index in [-0.39, 0.29) is 38.4 Å². The third kappa shape index (κ3) is 6.66. The Bertz CT molecular complexity index is 1480. The summed E-state index contributed by atoms with van der Waals surface area (Å²) in [6.45, 7) is 1.31. The zero-order valence-corrected chi connectivity index (χ0v) is 24.6. The van der Waals surface area contributed by atoms with Crippen LogP contribution in [0.25, 0.3) is 10.8 Å². The monoisotopic (exact) mass is 625 g/mol. The Kier molecular flexibility index (Phi) is 9.56. The largest absolute Gasteiger partial charge is 0.496 e. The molecule has 0 bridgehead atoms. The summed E-state index contributed by atoms with van der Waals surface area (Å²) in [5.74, 6) is -0.579. The number of likely N-dealkylation sites (N-methyl/N-ethyl adjacent to an activating group) is 1. The van der Waals surface area contributed by atoms with E-state index in [1.165, 1.54) is 4.90 Å². The second-order valence-corrected chi connectivity index (χ2v) is 10.7. The number of ether oxygens (including phenoxy) is 1. The fourth-order valence-corrected chi connectivity index (χ4v) is 5.25. The molecule has 3 aromatic rings. The summed E-state index contributed by atoms with van der Waals surface area (Å²) >= 11 is 3.51. The SMILES string of the molecule is CNC(C)C(=O)NC1CN(C(=O)CCC[N+](=O)[O-])c2ccccc2N(Cc2c(OC)ccc3cc(Br)ccc23)C1=O. The normalized spacial score (nSPS) is 15.7. The number of para-hydroxylation sites is 2. The molecule has 11 nitrogen and oxygen atoms in total. The lowest BCUT2D eigenvalue weighted by atomic mass is 10.0. The number of benzene rings is 3. The van der Waals surface area contributed by atoms with Gasteiger partial charge < -0.3 is 25.2 Å². The number of hydrogen-bond acceptors (Lipinski definition) is 7. The van der Waals surface area contributed by atoms with Gasteiger partial charge in [0.2, 0.25) is 18.4 Å². The van der Waals surface area contributed by atoms with E-state index in [1.54, 1.807) is 50.2 Å². The Morgan fingerprint density at radius 2 is 1.90 bits per heavy atom. The average molecular weight is 627 g/mol. The second kappa shape index (κ2) is 13.1. The zero-order chi connectivity index (χ0) is 29.7.